The lowest BCUT2D eigenvalue weighted by atomic mass is 9.94. The van der Waals surface area contributed by atoms with E-state index in [-0.39, 0.29) is 11.5 Å². The van der Waals surface area contributed by atoms with Crippen molar-refractivity contribution in [1.29, 1.82) is 0 Å². The van der Waals surface area contributed by atoms with Crippen molar-refractivity contribution in [2.75, 3.05) is 6.61 Å². The van der Waals surface area contributed by atoms with Crippen molar-refractivity contribution in [3.8, 4) is 0 Å². The van der Waals surface area contributed by atoms with Gasteiger partial charge in [-0.25, -0.2) is 0 Å². The smallest absolute Gasteiger partial charge is 0.169 e. The SMILES string of the molecule is CC(C)(C)/C=C/[C@H](OCc1ccccc1)[C@H](O)[C@H]1COC2(CCCCC2)O1. The topological polar surface area (TPSA) is 47.9 Å². The van der Waals surface area contributed by atoms with Crippen LogP contribution in [-0.2, 0) is 20.8 Å². The van der Waals surface area contributed by atoms with Gasteiger partial charge in [0.05, 0.1) is 13.2 Å². The molecule has 0 amide bonds. The molecular weight excluding hydrogens is 340 g/mol. The van der Waals surface area contributed by atoms with Crippen molar-refractivity contribution >= 4 is 0 Å². The van der Waals surface area contributed by atoms with Gasteiger partial charge in [0.15, 0.2) is 5.79 Å². The number of hydrogen-bond donors (Lipinski definition) is 1. The third-order valence-electron chi connectivity index (χ3n) is 5.28. The first-order chi connectivity index (χ1) is 12.9. The normalized spacial score (nSPS) is 25.1. The van der Waals surface area contributed by atoms with E-state index < -0.39 is 18.0 Å². The molecule has 1 saturated heterocycles. The molecule has 0 radical (unpaired) electrons. The van der Waals surface area contributed by atoms with Crippen LogP contribution >= 0.6 is 0 Å². The molecule has 0 unspecified atom stereocenters. The van der Waals surface area contributed by atoms with E-state index in [0.29, 0.717) is 13.2 Å². The Morgan fingerprint density at radius 1 is 1.19 bits per heavy atom. The van der Waals surface area contributed by atoms with Gasteiger partial charge in [-0.2, -0.15) is 0 Å². The molecule has 1 aliphatic heterocycles. The van der Waals surface area contributed by atoms with Crippen LogP contribution in [0.5, 0.6) is 0 Å². The predicted octanol–water partition coefficient (Wildman–Crippen LogP) is 4.61. The lowest BCUT2D eigenvalue weighted by molar-refractivity contribution is -0.201. The van der Waals surface area contributed by atoms with E-state index in [4.69, 9.17) is 14.2 Å². The Balaban J connectivity index is 1.66. The third kappa shape index (κ3) is 5.89. The summed E-state index contributed by atoms with van der Waals surface area (Å²) in [7, 11) is 0. The number of aliphatic hydroxyl groups excluding tert-OH is 1. The molecule has 3 atom stereocenters. The monoisotopic (exact) mass is 374 g/mol. The zero-order valence-corrected chi connectivity index (χ0v) is 16.9. The maximum atomic E-state index is 11.0. The fraction of sp³-hybridized carbons (Fsp3) is 0.652. The van der Waals surface area contributed by atoms with Crippen molar-refractivity contribution in [3.63, 3.8) is 0 Å². The van der Waals surface area contributed by atoms with Gasteiger partial charge in [-0.3, -0.25) is 0 Å². The summed E-state index contributed by atoms with van der Waals surface area (Å²) in [6, 6.07) is 10.0. The Kier molecular flexibility index (Phi) is 6.74. The van der Waals surface area contributed by atoms with E-state index in [2.05, 4.69) is 26.8 Å². The second-order valence-corrected chi connectivity index (χ2v) is 8.92. The molecule has 1 N–H and O–H groups in total. The Morgan fingerprint density at radius 3 is 2.56 bits per heavy atom. The second kappa shape index (κ2) is 8.87. The molecule has 150 valence electrons. The fourth-order valence-electron chi connectivity index (χ4n) is 3.73. The summed E-state index contributed by atoms with van der Waals surface area (Å²) >= 11 is 0. The molecule has 1 aromatic rings. The second-order valence-electron chi connectivity index (χ2n) is 8.92. The number of benzene rings is 1. The molecule has 3 rings (SSSR count). The third-order valence-corrected chi connectivity index (χ3v) is 5.28. The van der Waals surface area contributed by atoms with Crippen LogP contribution in [0.4, 0.5) is 0 Å². The maximum absolute atomic E-state index is 11.0. The molecule has 2 aliphatic rings. The van der Waals surface area contributed by atoms with Crippen LogP contribution in [0.1, 0.15) is 58.4 Å². The van der Waals surface area contributed by atoms with Crippen LogP contribution in [0.15, 0.2) is 42.5 Å². The maximum Gasteiger partial charge on any atom is 0.169 e. The Bertz CT molecular complexity index is 599. The van der Waals surface area contributed by atoms with Crippen molar-refractivity contribution in [2.24, 2.45) is 5.41 Å². The van der Waals surface area contributed by atoms with E-state index in [0.717, 1.165) is 31.2 Å². The van der Waals surface area contributed by atoms with Gasteiger partial charge >= 0.3 is 0 Å². The quantitative estimate of drug-likeness (QED) is 0.739. The predicted molar refractivity (Wildman–Crippen MR) is 106 cm³/mol. The average molecular weight is 375 g/mol. The Morgan fingerprint density at radius 2 is 1.89 bits per heavy atom. The van der Waals surface area contributed by atoms with Gasteiger partial charge in [-0.1, -0.05) is 69.7 Å². The highest BCUT2D eigenvalue weighted by Crippen LogP contribution is 2.39. The van der Waals surface area contributed by atoms with E-state index in [1.54, 1.807) is 0 Å². The first kappa shape index (κ1) is 20.5. The molecule has 0 aromatic heterocycles. The summed E-state index contributed by atoms with van der Waals surface area (Å²) in [5.41, 5.74) is 1.11. The minimum absolute atomic E-state index is 0.0195. The number of hydrogen-bond acceptors (Lipinski definition) is 4. The Hall–Kier alpha value is -1.20. The highest BCUT2D eigenvalue weighted by Gasteiger charge is 2.45. The molecule has 1 spiro atoms. The van der Waals surface area contributed by atoms with E-state index >= 15 is 0 Å². The number of ether oxygens (including phenoxy) is 3. The Labute approximate surface area is 163 Å². The van der Waals surface area contributed by atoms with Gasteiger partial charge in [0.2, 0.25) is 0 Å². The molecule has 1 saturated carbocycles. The molecule has 1 aliphatic carbocycles. The molecule has 2 fully saturated rings. The fourth-order valence-corrected chi connectivity index (χ4v) is 3.73. The summed E-state index contributed by atoms with van der Waals surface area (Å²) in [4.78, 5) is 0. The summed E-state index contributed by atoms with van der Waals surface area (Å²) in [6.07, 6.45) is 7.85. The molecule has 1 aromatic carbocycles. The van der Waals surface area contributed by atoms with Crippen molar-refractivity contribution in [1.82, 2.24) is 0 Å². The van der Waals surface area contributed by atoms with Gasteiger partial charge in [0, 0.05) is 12.8 Å². The average Bonchev–Trinajstić information content (AvgIpc) is 3.05. The van der Waals surface area contributed by atoms with Crippen molar-refractivity contribution in [2.45, 2.75) is 83.6 Å². The highest BCUT2D eigenvalue weighted by molar-refractivity contribution is 5.14. The number of aliphatic hydroxyl groups is 1. The van der Waals surface area contributed by atoms with Crippen LogP contribution < -0.4 is 0 Å². The summed E-state index contributed by atoms with van der Waals surface area (Å²) in [5, 5.41) is 11.0. The van der Waals surface area contributed by atoms with Gasteiger partial charge in [0.1, 0.15) is 18.3 Å². The molecule has 0 bridgehead atoms. The van der Waals surface area contributed by atoms with Crippen LogP contribution in [-0.4, -0.2) is 35.8 Å². The van der Waals surface area contributed by atoms with E-state index in [1.165, 1.54) is 6.42 Å². The lowest BCUT2D eigenvalue weighted by Crippen LogP contribution is -2.41. The zero-order chi connectivity index (χ0) is 19.3. The lowest BCUT2D eigenvalue weighted by Gasteiger charge is -2.33. The molecule has 4 nitrogen and oxygen atoms in total. The first-order valence-corrected chi connectivity index (χ1v) is 10.2. The van der Waals surface area contributed by atoms with Gasteiger partial charge in [-0.15, -0.1) is 0 Å². The van der Waals surface area contributed by atoms with Crippen LogP contribution in [0.3, 0.4) is 0 Å². The molecule has 1 heterocycles. The van der Waals surface area contributed by atoms with Gasteiger partial charge in [-0.05, 0) is 23.8 Å². The van der Waals surface area contributed by atoms with Crippen LogP contribution in [0.2, 0.25) is 0 Å². The molecule has 27 heavy (non-hydrogen) atoms. The number of allylic oxidation sites excluding steroid dienone is 1. The molecular formula is C23H34O4. The standard InChI is InChI=1S/C23H34O4/c1-22(2,3)15-12-19(25-16-18-10-6-4-7-11-18)21(24)20-17-26-23(27-20)13-8-5-9-14-23/h4,6-7,10-12,15,19-21,24H,5,8-9,13-14,16-17H2,1-3H3/b15-12+/t19-,20+,21-/m0/s1. The molecule has 4 heteroatoms. The van der Waals surface area contributed by atoms with E-state index in [1.807, 2.05) is 36.4 Å². The van der Waals surface area contributed by atoms with E-state index in [9.17, 15) is 5.11 Å². The highest BCUT2D eigenvalue weighted by atomic mass is 16.7. The summed E-state index contributed by atoms with van der Waals surface area (Å²) in [5.74, 6) is -0.485. The first-order valence-electron chi connectivity index (χ1n) is 10.2. The van der Waals surface area contributed by atoms with Crippen LogP contribution in [0, 0.1) is 5.41 Å². The van der Waals surface area contributed by atoms with Crippen molar-refractivity contribution < 1.29 is 19.3 Å². The summed E-state index contributed by atoms with van der Waals surface area (Å²) in [6.45, 7) is 7.29. The van der Waals surface area contributed by atoms with Gasteiger partial charge < -0.3 is 19.3 Å². The van der Waals surface area contributed by atoms with Crippen molar-refractivity contribution in [3.05, 3.63) is 48.0 Å². The number of rotatable bonds is 6. The zero-order valence-electron chi connectivity index (χ0n) is 16.9. The largest absolute Gasteiger partial charge is 0.387 e. The minimum Gasteiger partial charge on any atom is -0.387 e. The van der Waals surface area contributed by atoms with Crippen LogP contribution in [0.25, 0.3) is 0 Å². The minimum atomic E-state index is -0.756. The summed E-state index contributed by atoms with van der Waals surface area (Å²) < 4.78 is 18.3. The van der Waals surface area contributed by atoms with Gasteiger partial charge in [0.25, 0.3) is 0 Å².